The van der Waals surface area contributed by atoms with Gasteiger partial charge in [-0.2, -0.15) is 0 Å². The van der Waals surface area contributed by atoms with Gasteiger partial charge in [0.15, 0.2) is 0 Å². The van der Waals surface area contributed by atoms with E-state index < -0.39 is 0 Å². The third-order valence-electron chi connectivity index (χ3n) is 5.36. The number of carbonyl (C=O) groups is 1. The smallest absolute Gasteiger partial charge is 0.319 e. The van der Waals surface area contributed by atoms with E-state index in [0.717, 1.165) is 18.2 Å². The fourth-order valence-electron chi connectivity index (χ4n) is 3.63. The van der Waals surface area contributed by atoms with Crippen LogP contribution in [0.25, 0.3) is 10.8 Å². The van der Waals surface area contributed by atoms with Crippen LogP contribution >= 0.6 is 0 Å². The number of pyridine rings is 1. The van der Waals surface area contributed by atoms with E-state index in [9.17, 15) is 9.59 Å². The maximum atomic E-state index is 12.5. The molecule has 2 N–H and O–H groups in total. The van der Waals surface area contributed by atoms with Crippen molar-refractivity contribution in [3.63, 3.8) is 0 Å². The number of aryl methyl sites for hydroxylation is 1. The van der Waals surface area contributed by atoms with Crippen LogP contribution in [-0.4, -0.2) is 16.6 Å². The van der Waals surface area contributed by atoms with Gasteiger partial charge in [-0.3, -0.25) is 4.79 Å². The van der Waals surface area contributed by atoms with Crippen LogP contribution in [0.4, 0.5) is 10.5 Å². The van der Waals surface area contributed by atoms with E-state index in [4.69, 9.17) is 0 Å². The van der Waals surface area contributed by atoms with Crippen LogP contribution in [0.3, 0.4) is 0 Å². The number of carbonyl (C=O) groups excluding carboxylic acids is 1. The monoisotopic (exact) mass is 327 g/mol. The molecule has 3 atom stereocenters. The van der Waals surface area contributed by atoms with E-state index in [1.165, 1.54) is 11.0 Å². The van der Waals surface area contributed by atoms with Crippen molar-refractivity contribution in [2.24, 2.45) is 18.9 Å². The summed E-state index contributed by atoms with van der Waals surface area (Å²) in [5.74, 6) is 1.10. The third kappa shape index (κ3) is 3.16. The standard InChI is InChI=1S/C19H25N3O2/c1-12-7-6-10-16(13(12)2)20-19(24)21-17-11-22(3)18(23)15-9-5-4-8-14(15)17/h4-5,8-9,11-13,16H,6-7,10H2,1-3H3,(H2,20,21,24). The van der Waals surface area contributed by atoms with Crippen LogP contribution in [0.2, 0.25) is 0 Å². The first-order valence-corrected chi connectivity index (χ1v) is 8.63. The number of rotatable bonds is 2. The second kappa shape index (κ2) is 6.67. The van der Waals surface area contributed by atoms with Crippen molar-refractivity contribution in [2.75, 3.05) is 5.32 Å². The molecule has 24 heavy (non-hydrogen) atoms. The zero-order valence-corrected chi connectivity index (χ0v) is 14.5. The Kier molecular flexibility index (Phi) is 4.60. The molecule has 0 aliphatic heterocycles. The molecule has 1 saturated carbocycles. The van der Waals surface area contributed by atoms with Crippen LogP contribution in [0.15, 0.2) is 35.3 Å². The first-order valence-electron chi connectivity index (χ1n) is 8.63. The van der Waals surface area contributed by atoms with Crippen LogP contribution in [0.5, 0.6) is 0 Å². The highest BCUT2D eigenvalue weighted by Crippen LogP contribution is 2.29. The van der Waals surface area contributed by atoms with Gasteiger partial charge in [0.05, 0.1) is 5.69 Å². The number of urea groups is 1. The minimum atomic E-state index is -0.204. The highest BCUT2D eigenvalue weighted by atomic mass is 16.2. The Bertz CT molecular complexity index is 812. The Morgan fingerprint density at radius 2 is 1.88 bits per heavy atom. The maximum Gasteiger partial charge on any atom is 0.319 e. The molecule has 1 aliphatic carbocycles. The lowest BCUT2D eigenvalue weighted by atomic mass is 9.78. The van der Waals surface area contributed by atoms with E-state index in [0.29, 0.717) is 22.9 Å². The topological polar surface area (TPSA) is 63.1 Å². The Labute approximate surface area is 142 Å². The number of nitrogens with zero attached hydrogens (tertiary/aromatic N) is 1. The van der Waals surface area contributed by atoms with Crippen LogP contribution in [0.1, 0.15) is 33.1 Å². The molecule has 3 rings (SSSR count). The van der Waals surface area contributed by atoms with Crippen molar-refractivity contribution in [1.82, 2.24) is 9.88 Å². The van der Waals surface area contributed by atoms with Crippen molar-refractivity contribution in [2.45, 2.75) is 39.2 Å². The number of hydrogen-bond acceptors (Lipinski definition) is 2. The molecular formula is C19H25N3O2. The van der Waals surface area contributed by atoms with Crippen molar-refractivity contribution < 1.29 is 4.79 Å². The molecule has 0 bridgehead atoms. The lowest BCUT2D eigenvalue weighted by Crippen LogP contribution is -2.45. The van der Waals surface area contributed by atoms with Crippen LogP contribution in [-0.2, 0) is 7.05 Å². The Hall–Kier alpha value is -2.30. The van der Waals surface area contributed by atoms with Crippen LogP contribution < -0.4 is 16.2 Å². The van der Waals surface area contributed by atoms with Crippen molar-refractivity contribution in [3.8, 4) is 0 Å². The van der Waals surface area contributed by atoms with Gasteiger partial charge in [-0.25, -0.2) is 4.79 Å². The summed E-state index contributed by atoms with van der Waals surface area (Å²) in [5.41, 5.74) is 0.591. The number of benzene rings is 1. The van der Waals surface area contributed by atoms with Crippen LogP contribution in [0, 0.1) is 11.8 Å². The summed E-state index contributed by atoms with van der Waals surface area (Å²) in [6.07, 6.45) is 5.08. The van der Waals surface area contributed by atoms with E-state index in [-0.39, 0.29) is 17.6 Å². The molecule has 3 unspecified atom stereocenters. The first-order chi connectivity index (χ1) is 11.5. The van der Waals surface area contributed by atoms with Crippen molar-refractivity contribution in [1.29, 1.82) is 0 Å². The highest BCUT2D eigenvalue weighted by molar-refractivity contribution is 6.01. The minimum Gasteiger partial charge on any atom is -0.335 e. The van der Waals surface area contributed by atoms with E-state index in [1.54, 1.807) is 19.3 Å². The molecule has 1 aromatic carbocycles. The molecule has 1 aliphatic rings. The second-order valence-electron chi connectivity index (χ2n) is 6.98. The largest absolute Gasteiger partial charge is 0.335 e. The predicted octanol–water partition coefficient (Wildman–Crippen LogP) is 3.48. The number of hydrogen-bond donors (Lipinski definition) is 2. The van der Waals surface area contributed by atoms with Crippen molar-refractivity contribution in [3.05, 3.63) is 40.8 Å². The molecule has 1 heterocycles. The molecule has 1 fully saturated rings. The Balaban J connectivity index is 1.81. The summed E-state index contributed by atoms with van der Waals surface area (Å²) in [6.45, 7) is 4.45. The first kappa shape index (κ1) is 16.6. The average Bonchev–Trinajstić information content (AvgIpc) is 2.56. The summed E-state index contributed by atoms with van der Waals surface area (Å²) in [5, 5.41) is 7.41. The second-order valence-corrected chi connectivity index (χ2v) is 6.98. The number of aromatic nitrogens is 1. The summed E-state index contributed by atoms with van der Waals surface area (Å²) in [7, 11) is 1.70. The minimum absolute atomic E-state index is 0.0636. The van der Waals surface area contributed by atoms with Gasteiger partial charge in [0.2, 0.25) is 0 Å². The van der Waals surface area contributed by atoms with Crippen molar-refractivity contribution >= 4 is 22.5 Å². The summed E-state index contributed by atoms with van der Waals surface area (Å²) >= 11 is 0. The zero-order valence-electron chi connectivity index (χ0n) is 14.5. The SMILES string of the molecule is CC1CCCC(NC(=O)Nc2cn(C)c(=O)c3ccccc23)C1C. The summed E-state index contributed by atoms with van der Waals surface area (Å²) in [6, 6.07) is 7.34. The highest BCUT2D eigenvalue weighted by Gasteiger charge is 2.28. The number of anilines is 1. The number of amides is 2. The number of nitrogens with one attached hydrogen (secondary N) is 2. The van der Waals surface area contributed by atoms with Gasteiger partial charge in [0.1, 0.15) is 0 Å². The lowest BCUT2D eigenvalue weighted by molar-refractivity contribution is 0.201. The summed E-state index contributed by atoms with van der Waals surface area (Å²) in [4.78, 5) is 24.7. The van der Waals surface area contributed by atoms with Gasteiger partial charge in [-0.05, 0) is 24.3 Å². The quantitative estimate of drug-likeness (QED) is 0.887. The van der Waals surface area contributed by atoms with Gasteiger partial charge in [-0.1, -0.05) is 44.9 Å². The molecular weight excluding hydrogens is 302 g/mol. The molecule has 128 valence electrons. The van der Waals surface area contributed by atoms with Gasteiger partial charge in [0, 0.05) is 30.1 Å². The Morgan fingerprint density at radius 1 is 1.17 bits per heavy atom. The van der Waals surface area contributed by atoms with Gasteiger partial charge in [-0.15, -0.1) is 0 Å². The van der Waals surface area contributed by atoms with E-state index >= 15 is 0 Å². The molecule has 0 radical (unpaired) electrons. The normalized spacial score (nSPS) is 23.9. The maximum absolute atomic E-state index is 12.5. The average molecular weight is 327 g/mol. The fourth-order valence-corrected chi connectivity index (χ4v) is 3.63. The third-order valence-corrected chi connectivity index (χ3v) is 5.36. The zero-order chi connectivity index (χ0) is 17.3. The van der Waals surface area contributed by atoms with Gasteiger partial charge in [0.25, 0.3) is 5.56 Å². The molecule has 1 aromatic heterocycles. The van der Waals surface area contributed by atoms with E-state index in [1.807, 2.05) is 18.2 Å². The summed E-state index contributed by atoms with van der Waals surface area (Å²) < 4.78 is 1.50. The molecule has 2 aromatic rings. The van der Waals surface area contributed by atoms with Gasteiger partial charge >= 0.3 is 6.03 Å². The van der Waals surface area contributed by atoms with E-state index in [2.05, 4.69) is 24.5 Å². The fraction of sp³-hybridized carbons (Fsp3) is 0.474. The Morgan fingerprint density at radius 3 is 2.62 bits per heavy atom. The number of fused-ring (bicyclic) bond motifs is 1. The molecule has 0 spiro atoms. The van der Waals surface area contributed by atoms with Gasteiger partial charge < -0.3 is 15.2 Å². The molecule has 5 nitrogen and oxygen atoms in total. The predicted molar refractivity (Wildman–Crippen MR) is 97.3 cm³/mol. The molecule has 2 amide bonds. The molecule has 5 heteroatoms. The lowest BCUT2D eigenvalue weighted by Gasteiger charge is -2.34. The molecule has 0 saturated heterocycles.